The number of aromatic amines is 1. The van der Waals surface area contributed by atoms with Gasteiger partial charge in [-0.3, -0.25) is 4.79 Å². The van der Waals surface area contributed by atoms with Gasteiger partial charge in [0.25, 0.3) is 0 Å². The fourth-order valence-electron chi connectivity index (χ4n) is 3.21. The summed E-state index contributed by atoms with van der Waals surface area (Å²) in [5.41, 5.74) is 10.2. The normalized spacial score (nSPS) is 10.3. The number of benzene rings is 2. The monoisotopic (exact) mass is 387 g/mol. The zero-order chi connectivity index (χ0) is 20.8. The molecule has 1 aromatic heterocycles. The third-order valence-corrected chi connectivity index (χ3v) is 4.59. The molecule has 2 aromatic carbocycles. The van der Waals surface area contributed by atoms with Crippen molar-refractivity contribution in [3.8, 4) is 6.07 Å². The largest absolute Gasteiger partial charge is 0.462 e. The van der Waals surface area contributed by atoms with Gasteiger partial charge in [-0.1, -0.05) is 24.3 Å². The van der Waals surface area contributed by atoms with E-state index in [0.717, 1.165) is 22.4 Å². The summed E-state index contributed by atoms with van der Waals surface area (Å²) < 4.78 is 5.27. The van der Waals surface area contributed by atoms with E-state index >= 15 is 0 Å². The third-order valence-electron chi connectivity index (χ3n) is 4.59. The van der Waals surface area contributed by atoms with Crippen molar-refractivity contribution in [3.63, 3.8) is 0 Å². The first kappa shape index (κ1) is 19.9. The van der Waals surface area contributed by atoms with Crippen LogP contribution >= 0.6 is 0 Å². The molecular weight excluding hydrogens is 366 g/mol. The number of nitrogens with two attached hydrogens (primary N) is 1. The minimum absolute atomic E-state index is 0.278. The highest BCUT2D eigenvalue weighted by Crippen LogP contribution is 2.22. The van der Waals surface area contributed by atoms with Crippen LogP contribution in [0.2, 0.25) is 0 Å². The highest BCUT2D eigenvalue weighted by Gasteiger charge is 2.20. The molecule has 1 amide bonds. The predicted octanol–water partition coefficient (Wildman–Crippen LogP) is 3.34. The Hall–Kier alpha value is -3.85. The Balaban J connectivity index is 1.91. The highest BCUT2D eigenvalue weighted by atomic mass is 16.5. The number of esters is 1. The first-order valence-corrected chi connectivity index (χ1v) is 9.25. The number of nitriles is 1. The standard InChI is InChI=1S/C23H21N3O3/c1-2-29-23(28)21-19(11-15-6-8-18(9-7-15)22(25)27)14-26-20(21)12-16-4-3-5-17(10-16)13-24/h3-10,14,26H,2,11-12H2,1H3,(H2,25,27). The number of carbonyl (C=O) groups is 2. The van der Waals surface area contributed by atoms with Gasteiger partial charge < -0.3 is 15.5 Å². The average Bonchev–Trinajstić information content (AvgIpc) is 3.10. The van der Waals surface area contributed by atoms with Gasteiger partial charge in [-0.2, -0.15) is 5.26 Å². The molecule has 0 spiro atoms. The topological polar surface area (TPSA) is 109 Å². The fraction of sp³-hybridized carbons (Fsp3) is 0.174. The number of rotatable bonds is 7. The average molecular weight is 387 g/mol. The molecule has 3 N–H and O–H groups in total. The lowest BCUT2D eigenvalue weighted by Crippen LogP contribution is -2.11. The number of hydrogen-bond donors (Lipinski definition) is 2. The summed E-state index contributed by atoms with van der Waals surface area (Å²) in [4.78, 5) is 27.1. The van der Waals surface area contributed by atoms with Gasteiger partial charge in [-0.05, 0) is 54.3 Å². The molecule has 0 unspecified atom stereocenters. The van der Waals surface area contributed by atoms with E-state index in [1.54, 1.807) is 37.4 Å². The summed E-state index contributed by atoms with van der Waals surface area (Å²) in [6.07, 6.45) is 2.78. The van der Waals surface area contributed by atoms with Crippen LogP contribution < -0.4 is 5.73 Å². The Morgan fingerprint density at radius 2 is 1.86 bits per heavy atom. The third kappa shape index (κ3) is 4.71. The van der Waals surface area contributed by atoms with E-state index < -0.39 is 5.91 Å². The molecule has 0 saturated heterocycles. The molecule has 6 nitrogen and oxygen atoms in total. The van der Waals surface area contributed by atoms with Crippen LogP contribution in [-0.2, 0) is 17.6 Å². The Kier molecular flexibility index (Phi) is 6.10. The van der Waals surface area contributed by atoms with E-state index in [2.05, 4.69) is 11.1 Å². The van der Waals surface area contributed by atoms with E-state index in [0.29, 0.717) is 29.5 Å². The molecule has 0 aliphatic heterocycles. The van der Waals surface area contributed by atoms with Crippen LogP contribution in [0, 0.1) is 11.3 Å². The Labute approximate surface area is 168 Å². The maximum atomic E-state index is 12.6. The van der Waals surface area contributed by atoms with Crippen molar-refractivity contribution in [1.29, 1.82) is 5.26 Å². The summed E-state index contributed by atoms with van der Waals surface area (Å²) in [5.74, 6) is -0.865. The summed E-state index contributed by atoms with van der Waals surface area (Å²) in [6, 6.07) is 16.4. The lowest BCUT2D eigenvalue weighted by atomic mass is 9.99. The second-order valence-corrected chi connectivity index (χ2v) is 6.61. The number of amides is 1. The number of H-pyrrole nitrogens is 1. The summed E-state index contributed by atoms with van der Waals surface area (Å²) >= 11 is 0. The van der Waals surface area contributed by atoms with Gasteiger partial charge in [0.2, 0.25) is 5.91 Å². The number of ether oxygens (including phenoxy) is 1. The number of nitrogens with zero attached hydrogens (tertiary/aromatic N) is 1. The summed E-state index contributed by atoms with van der Waals surface area (Å²) in [7, 11) is 0. The molecule has 0 radical (unpaired) electrons. The van der Waals surface area contributed by atoms with Crippen molar-refractivity contribution in [3.05, 3.63) is 93.8 Å². The molecule has 0 fully saturated rings. The molecule has 0 aliphatic carbocycles. The molecular formula is C23H21N3O3. The molecule has 146 valence electrons. The van der Waals surface area contributed by atoms with Gasteiger partial charge in [0.15, 0.2) is 0 Å². The molecule has 0 aliphatic rings. The number of primary amides is 1. The van der Waals surface area contributed by atoms with E-state index in [1.165, 1.54) is 0 Å². The number of nitrogens with one attached hydrogen (secondary N) is 1. The SMILES string of the molecule is CCOC(=O)c1c(Cc2ccc(C(N)=O)cc2)c[nH]c1Cc1cccc(C#N)c1. The molecule has 3 aromatic rings. The molecule has 0 saturated carbocycles. The van der Waals surface area contributed by atoms with Crippen molar-refractivity contribution >= 4 is 11.9 Å². The fourth-order valence-corrected chi connectivity index (χ4v) is 3.21. The smallest absolute Gasteiger partial charge is 0.340 e. The number of carbonyl (C=O) groups excluding carboxylic acids is 2. The molecule has 0 atom stereocenters. The van der Waals surface area contributed by atoms with Crippen LogP contribution in [0.5, 0.6) is 0 Å². The van der Waals surface area contributed by atoms with E-state index in [1.807, 2.05) is 24.3 Å². The zero-order valence-corrected chi connectivity index (χ0v) is 16.1. The van der Waals surface area contributed by atoms with E-state index in [4.69, 9.17) is 15.7 Å². The van der Waals surface area contributed by atoms with Crippen molar-refractivity contribution in [1.82, 2.24) is 4.98 Å². The van der Waals surface area contributed by atoms with E-state index in [-0.39, 0.29) is 12.6 Å². The highest BCUT2D eigenvalue weighted by molar-refractivity contribution is 5.93. The first-order chi connectivity index (χ1) is 14.0. The van der Waals surface area contributed by atoms with Crippen LogP contribution in [0.25, 0.3) is 0 Å². The maximum absolute atomic E-state index is 12.6. The van der Waals surface area contributed by atoms with Gasteiger partial charge in [-0.15, -0.1) is 0 Å². The summed E-state index contributed by atoms with van der Waals surface area (Å²) in [6.45, 7) is 2.04. The molecule has 0 bridgehead atoms. The zero-order valence-electron chi connectivity index (χ0n) is 16.1. The maximum Gasteiger partial charge on any atom is 0.340 e. The lowest BCUT2D eigenvalue weighted by Gasteiger charge is -2.08. The van der Waals surface area contributed by atoms with Gasteiger partial charge in [-0.25, -0.2) is 4.79 Å². The van der Waals surface area contributed by atoms with Crippen molar-refractivity contribution in [2.45, 2.75) is 19.8 Å². The van der Waals surface area contributed by atoms with E-state index in [9.17, 15) is 9.59 Å². The van der Waals surface area contributed by atoms with Crippen LogP contribution in [0.1, 0.15) is 55.6 Å². The van der Waals surface area contributed by atoms with Gasteiger partial charge in [0, 0.05) is 23.9 Å². The number of aromatic nitrogens is 1. The minimum Gasteiger partial charge on any atom is -0.462 e. The molecule has 6 heteroatoms. The quantitative estimate of drug-likeness (QED) is 0.606. The van der Waals surface area contributed by atoms with Crippen molar-refractivity contribution in [2.75, 3.05) is 6.61 Å². The number of hydrogen-bond acceptors (Lipinski definition) is 4. The lowest BCUT2D eigenvalue weighted by molar-refractivity contribution is 0.0524. The van der Waals surface area contributed by atoms with Gasteiger partial charge in [0.1, 0.15) is 0 Å². The second kappa shape index (κ2) is 8.89. The Bertz CT molecular complexity index is 1080. The molecule has 1 heterocycles. The molecule has 3 rings (SSSR count). The Morgan fingerprint density at radius 3 is 2.52 bits per heavy atom. The second-order valence-electron chi connectivity index (χ2n) is 6.61. The van der Waals surface area contributed by atoms with Crippen LogP contribution in [0.3, 0.4) is 0 Å². The van der Waals surface area contributed by atoms with Crippen LogP contribution in [0.4, 0.5) is 0 Å². The first-order valence-electron chi connectivity index (χ1n) is 9.25. The van der Waals surface area contributed by atoms with Crippen molar-refractivity contribution in [2.24, 2.45) is 5.73 Å². The summed E-state index contributed by atoms with van der Waals surface area (Å²) in [5, 5.41) is 9.10. The van der Waals surface area contributed by atoms with Crippen molar-refractivity contribution < 1.29 is 14.3 Å². The van der Waals surface area contributed by atoms with Gasteiger partial charge >= 0.3 is 5.97 Å². The Morgan fingerprint density at radius 1 is 1.10 bits per heavy atom. The molecule has 29 heavy (non-hydrogen) atoms. The predicted molar refractivity (Wildman–Crippen MR) is 108 cm³/mol. The van der Waals surface area contributed by atoms with Crippen LogP contribution in [-0.4, -0.2) is 23.5 Å². The van der Waals surface area contributed by atoms with Crippen LogP contribution in [0.15, 0.2) is 54.7 Å². The van der Waals surface area contributed by atoms with Gasteiger partial charge in [0.05, 0.1) is 23.8 Å². The minimum atomic E-state index is -0.479.